The average Bonchev–Trinajstić information content (AvgIpc) is 2.92. The van der Waals surface area contributed by atoms with Crippen molar-refractivity contribution < 1.29 is 9.53 Å². The molecule has 1 unspecified atom stereocenters. The van der Waals surface area contributed by atoms with Gasteiger partial charge in [-0.2, -0.15) is 10.2 Å². The summed E-state index contributed by atoms with van der Waals surface area (Å²) >= 11 is 0. The molecule has 3 aromatic rings. The number of morpholine rings is 1. The number of carbonyl (C=O) groups excluding carboxylic acids is 1. The number of ether oxygens (including phenoxy) is 1. The summed E-state index contributed by atoms with van der Waals surface area (Å²) in [6, 6.07) is 14.0. The number of pyridine rings is 1. The number of nitrogens with one attached hydrogen (secondary N) is 3. The van der Waals surface area contributed by atoms with Gasteiger partial charge in [-0.3, -0.25) is 9.78 Å². The molecule has 2 aliphatic rings. The zero-order valence-corrected chi connectivity index (χ0v) is 21.7. The molecule has 10 heteroatoms. The zero-order chi connectivity index (χ0) is 26.5. The Morgan fingerprint density at radius 2 is 1.95 bits per heavy atom. The van der Waals surface area contributed by atoms with Crippen LogP contribution in [0, 0.1) is 18.3 Å². The van der Waals surface area contributed by atoms with Crippen LogP contribution in [-0.4, -0.2) is 71.8 Å². The summed E-state index contributed by atoms with van der Waals surface area (Å²) in [6.07, 6.45) is 3.46. The number of hydrogen-bond acceptors (Lipinski definition) is 9. The van der Waals surface area contributed by atoms with Crippen LogP contribution in [0.1, 0.15) is 28.4 Å². The van der Waals surface area contributed by atoms with E-state index in [1.54, 1.807) is 31.5 Å². The number of anilines is 2. The number of hydrogen-bond donors (Lipinski definition) is 3. The van der Waals surface area contributed by atoms with Gasteiger partial charge in [-0.05, 0) is 43.2 Å². The fourth-order valence-electron chi connectivity index (χ4n) is 4.57. The first-order valence-corrected chi connectivity index (χ1v) is 12.9. The maximum Gasteiger partial charge on any atom is 0.252 e. The first-order chi connectivity index (χ1) is 18.4. The van der Waals surface area contributed by atoms with Crippen LogP contribution in [0.5, 0.6) is 0 Å². The highest BCUT2D eigenvalue weighted by Crippen LogP contribution is 2.29. The molecule has 0 bridgehead atoms. The van der Waals surface area contributed by atoms with Gasteiger partial charge in [0.25, 0.3) is 5.91 Å². The van der Waals surface area contributed by atoms with Crippen LogP contribution >= 0.6 is 0 Å². The Kier molecular flexibility index (Phi) is 7.49. The van der Waals surface area contributed by atoms with Crippen LogP contribution in [0.2, 0.25) is 0 Å². The number of nitriles is 1. The Bertz CT molecular complexity index is 1330. The van der Waals surface area contributed by atoms with Crippen molar-refractivity contribution in [2.75, 3.05) is 49.6 Å². The summed E-state index contributed by atoms with van der Waals surface area (Å²) in [6.45, 7) is 8.44. The van der Waals surface area contributed by atoms with E-state index in [4.69, 9.17) is 14.7 Å². The van der Waals surface area contributed by atoms with Gasteiger partial charge >= 0.3 is 0 Å². The number of carbonyl (C=O) groups is 1. The number of amides is 1. The second-order valence-corrected chi connectivity index (χ2v) is 9.99. The molecule has 2 fully saturated rings. The number of aromatic nitrogens is 3. The van der Waals surface area contributed by atoms with Gasteiger partial charge < -0.3 is 25.6 Å². The normalized spacial score (nSPS) is 17.1. The van der Waals surface area contributed by atoms with Gasteiger partial charge in [0.05, 0.1) is 31.0 Å². The van der Waals surface area contributed by atoms with Gasteiger partial charge in [-0.25, -0.2) is 4.98 Å². The molecule has 10 nitrogen and oxygen atoms in total. The van der Waals surface area contributed by atoms with Crippen molar-refractivity contribution in [3.05, 3.63) is 65.5 Å². The molecule has 1 amide bonds. The summed E-state index contributed by atoms with van der Waals surface area (Å²) in [4.78, 5) is 28.6. The van der Waals surface area contributed by atoms with Crippen LogP contribution in [0.4, 0.5) is 11.8 Å². The van der Waals surface area contributed by atoms with Crippen LogP contribution in [0.15, 0.2) is 48.8 Å². The van der Waals surface area contributed by atoms with Crippen LogP contribution in [0.3, 0.4) is 0 Å². The van der Waals surface area contributed by atoms with Crippen molar-refractivity contribution in [1.29, 1.82) is 5.26 Å². The number of rotatable bonds is 8. The molecule has 1 atom stereocenters. The molecule has 0 saturated carbocycles. The Morgan fingerprint density at radius 3 is 2.63 bits per heavy atom. The smallest absolute Gasteiger partial charge is 0.252 e. The summed E-state index contributed by atoms with van der Waals surface area (Å²) in [5.41, 5.74) is 3.14. The predicted molar refractivity (Wildman–Crippen MR) is 145 cm³/mol. The van der Waals surface area contributed by atoms with Crippen molar-refractivity contribution in [3.8, 4) is 17.3 Å². The van der Waals surface area contributed by atoms with Crippen molar-refractivity contribution >= 4 is 17.7 Å². The van der Waals surface area contributed by atoms with Crippen molar-refractivity contribution in [2.24, 2.45) is 0 Å². The van der Waals surface area contributed by atoms with Crippen LogP contribution in [-0.2, 0) is 11.2 Å². The van der Waals surface area contributed by atoms with E-state index in [2.05, 4.69) is 38.0 Å². The van der Waals surface area contributed by atoms with E-state index in [0.29, 0.717) is 37.2 Å². The van der Waals surface area contributed by atoms with Crippen molar-refractivity contribution in [1.82, 2.24) is 25.6 Å². The van der Waals surface area contributed by atoms with Crippen LogP contribution in [0.25, 0.3) is 11.3 Å². The van der Waals surface area contributed by atoms with Crippen molar-refractivity contribution in [3.63, 3.8) is 0 Å². The molecule has 2 aliphatic heterocycles. The minimum Gasteiger partial charge on any atom is -0.378 e. The van der Waals surface area contributed by atoms with Crippen molar-refractivity contribution in [2.45, 2.75) is 31.8 Å². The Balaban J connectivity index is 1.43. The molecule has 38 heavy (non-hydrogen) atoms. The van der Waals surface area contributed by atoms with Gasteiger partial charge in [0.2, 0.25) is 5.95 Å². The van der Waals surface area contributed by atoms with Gasteiger partial charge in [0, 0.05) is 62.2 Å². The highest BCUT2D eigenvalue weighted by atomic mass is 16.5. The molecule has 0 spiro atoms. The third-order valence-corrected chi connectivity index (χ3v) is 6.88. The van der Waals surface area contributed by atoms with E-state index in [9.17, 15) is 10.1 Å². The Morgan fingerprint density at radius 1 is 1.18 bits per heavy atom. The number of benzene rings is 1. The van der Waals surface area contributed by atoms with Gasteiger partial charge in [0.1, 0.15) is 11.4 Å². The summed E-state index contributed by atoms with van der Waals surface area (Å²) in [7, 11) is 0. The summed E-state index contributed by atoms with van der Waals surface area (Å²) in [5.74, 6) is 1.16. The van der Waals surface area contributed by atoms with E-state index in [0.717, 1.165) is 54.4 Å². The maximum absolute atomic E-state index is 12.8. The molecule has 3 N–H and O–H groups in total. The molecule has 1 aromatic carbocycles. The Hall–Kier alpha value is -4.07. The SMILES string of the molecule is Cc1ccc(CC(C)(C#N)NC(=O)c2ccncc2)cc1-c1cc(N2CCOCC2)nc(NC2CNC2)n1. The lowest BCUT2D eigenvalue weighted by atomic mass is 9.91. The predicted octanol–water partition coefficient (Wildman–Crippen LogP) is 2.32. The third kappa shape index (κ3) is 5.90. The molecular formula is C28H32N8O2. The molecular weight excluding hydrogens is 480 g/mol. The lowest BCUT2D eigenvalue weighted by Crippen LogP contribution is -2.51. The van der Waals surface area contributed by atoms with Gasteiger partial charge in [-0.1, -0.05) is 12.1 Å². The highest BCUT2D eigenvalue weighted by Gasteiger charge is 2.28. The van der Waals surface area contributed by atoms with E-state index >= 15 is 0 Å². The van der Waals surface area contributed by atoms with E-state index in [-0.39, 0.29) is 5.91 Å². The molecule has 2 aromatic heterocycles. The standard InChI is InChI=1S/C28H32N8O2/c1-19-3-4-20(15-28(2,18-29)35-26(37)21-5-7-30-8-6-21)13-23(19)24-14-25(36-9-11-38-12-10-36)34-27(33-24)32-22-16-31-17-22/h3-8,13-14,22,31H,9-12,15-17H2,1-2H3,(H,35,37)(H,32,33,34). The molecule has 5 rings (SSSR count). The molecule has 0 radical (unpaired) electrons. The first kappa shape index (κ1) is 25.6. The fourth-order valence-corrected chi connectivity index (χ4v) is 4.57. The second-order valence-electron chi connectivity index (χ2n) is 9.99. The molecule has 4 heterocycles. The topological polar surface area (TPSA) is 128 Å². The number of aryl methyl sites for hydroxylation is 1. The largest absolute Gasteiger partial charge is 0.378 e. The average molecular weight is 513 g/mol. The zero-order valence-electron chi connectivity index (χ0n) is 21.7. The number of nitrogens with zero attached hydrogens (tertiary/aromatic N) is 5. The fraction of sp³-hybridized carbons (Fsp3) is 0.393. The van der Waals surface area contributed by atoms with Gasteiger partial charge in [0.15, 0.2) is 0 Å². The minimum absolute atomic E-state index is 0.301. The van der Waals surface area contributed by atoms with Gasteiger partial charge in [-0.15, -0.1) is 0 Å². The third-order valence-electron chi connectivity index (χ3n) is 6.88. The van der Waals surface area contributed by atoms with E-state index in [1.165, 1.54) is 0 Å². The molecule has 2 saturated heterocycles. The highest BCUT2D eigenvalue weighted by molar-refractivity contribution is 5.94. The van der Waals surface area contributed by atoms with E-state index in [1.807, 2.05) is 25.1 Å². The molecule has 196 valence electrons. The maximum atomic E-state index is 12.8. The minimum atomic E-state index is -1.10. The first-order valence-electron chi connectivity index (χ1n) is 12.9. The molecule has 0 aliphatic carbocycles. The van der Waals surface area contributed by atoms with E-state index < -0.39 is 5.54 Å². The monoisotopic (exact) mass is 512 g/mol. The van der Waals surface area contributed by atoms with Crippen LogP contribution < -0.4 is 20.9 Å². The lowest BCUT2D eigenvalue weighted by molar-refractivity contribution is 0.0924. The summed E-state index contributed by atoms with van der Waals surface area (Å²) < 4.78 is 5.54. The second kappa shape index (κ2) is 11.1. The summed E-state index contributed by atoms with van der Waals surface area (Å²) in [5, 5.41) is 19.6. The quantitative estimate of drug-likeness (QED) is 0.417. The Labute approximate surface area is 222 Å². The lowest BCUT2D eigenvalue weighted by Gasteiger charge is -2.30.